The van der Waals surface area contributed by atoms with Gasteiger partial charge < -0.3 is 0 Å². The molecule has 6 rings (SSSR count). The highest BCUT2D eigenvalue weighted by Crippen LogP contribution is 2.38. The minimum atomic E-state index is -3.85. The van der Waals surface area contributed by atoms with Crippen LogP contribution in [-0.4, -0.2) is 23.6 Å². The van der Waals surface area contributed by atoms with E-state index in [1.54, 1.807) is 48.0 Å². The first-order valence-electron chi connectivity index (χ1n) is 9.91. The Balaban J connectivity index is 1.48. The lowest BCUT2D eigenvalue weighted by Crippen LogP contribution is -2.13. The Bertz CT molecular complexity index is 1700. The fraction of sp³-hybridized carbons (Fsp3) is 0. The number of pyridine rings is 1. The van der Waals surface area contributed by atoms with Crippen molar-refractivity contribution in [3.05, 3.63) is 85.2 Å². The molecule has 0 aliphatic carbocycles. The molecule has 0 spiro atoms. The van der Waals surface area contributed by atoms with Crippen LogP contribution in [0.15, 0.2) is 90.1 Å². The van der Waals surface area contributed by atoms with Crippen LogP contribution >= 0.6 is 11.3 Å². The number of thiophene rings is 1. The molecule has 3 aromatic carbocycles. The summed E-state index contributed by atoms with van der Waals surface area (Å²) in [5, 5.41) is 9.96. The Labute approximate surface area is 187 Å². The Morgan fingerprint density at radius 3 is 2.62 bits per heavy atom. The van der Waals surface area contributed by atoms with E-state index in [1.165, 1.54) is 4.70 Å². The Morgan fingerprint density at radius 1 is 0.875 bits per heavy atom. The molecule has 0 aliphatic heterocycles. The summed E-state index contributed by atoms with van der Waals surface area (Å²) >= 11 is 1.66. The molecule has 8 heteroatoms. The highest BCUT2D eigenvalue weighted by molar-refractivity contribution is 7.93. The van der Waals surface area contributed by atoms with Crippen molar-refractivity contribution in [3.8, 4) is 10.4 Å². The molecule has 3 heterocycles. The number of aromatic nitrogens is 3. The van der Waals surface area contributed by atoms with Crippen LogP contribution in [0, 0.1) is 0 Å². The predicted octanol–water partition coefficient (Wildman–Crippen LogP) is 5.79. The van der Waals surface area contributed by atoms with Gasteiger partial charge in [0.25, 0.3) is 10.0 Å². The van der Waals surface area contributed by atoms with E-state index in [-0.39, 0.29) is 4.90 Å². The van der Waals surface area contributed by atoms with E-state index in [0.717, 1.165) is 32.1 Å². The standard InChI is InChI=1S/C24H16N4O2S2/c29-32(30,22-9-3-6-15-7-4-10-25-24(15)22)28-18-11-17-14-26-27-23(17)19(13-18)21-12-16-5-1-2-8-20(16)31-21/h1-14,28H,(H,26,27). The maximum absolute atomic E-state index is 13.3. The third-order valence-corrected chi connectivity index (χ3v) is 7.94. The maximum Gasteiger partial charge on any atom is 0.264 e. The summed E-state index contributed by atoms with van der Waals surface area (Å²) in [6, 6.07) is 22.7. The number of aromatic amines is 1. The molecule has 0 atom stereocenters. The fourth-order valence-corrected chi connectivity index (χ4v) is 6.23. The van der Waals surface area contributed by atoms with Gasteiger partial charge in [0.05, 0.1) is 22.9 Å². The highest BCUT2D eigenvalue weighted by Gasteiger charge is 2.20. The number of hydrogen-bond acceptors (Lipinski definition) is 5. The minimum Gasteiger partial charge on any atom is -0.280 e. The van der Waals surface area contributed by atoms with Crippen molar-refractivity contribution in [2.45, 2.75) is 4.90 Å². The molecular formula is C24H16N4O2S2. The average molecular weight is 457 g/mol. The van der Waals surface area contributed by atoms with Crippen molar-refractivity contribution in [2.75, 3.05) is 4.72 Å². The average Bonchev–Trinajstić information content (AvgIpc) is 3.44. The zero-order chi connectivity index (χ0) is 21.7. The van der Waals surface area contributed by atoms with Crippen LogP contribution in [0.5, 0.6) is 0 Å². The summed E-state index contributed by atoms with van der Waals surface area (Å²) in [6.07, 6.45) is 3.29. The fourth-order valence-electron chi connectivity index (χ4n) is 3.93. The Hall–Kier alpha value is -3.75. The second-order valence-corrected chi connectivity index (χ2v) is 10.2. The SMILES string of the molecule is O=S(=O)(Nc1cc(-c2cc3ccccc3s2)c2[nH]ncc2c1)c1cccc2cccnc12. The number of anilines is 1. The van der Waals surface area contributed by atoms with Crippen molar-refractivity contribution in [1.82, 2.24) is 15.2 Å². The minimum absolute atomic E-state index is 0.145. The molecule has 0 aliphatic rings. The number of hydrogen-bond donors (Lipinski definition) is 2. The summed E-state index contributed by atoms with van der Waals surface area (Å²) in [6.45, 7) is 0. The lowest BCUT2D eigenvalue weighted by molar-refractivity contribution is 0.602. The van der Waals surface area contributed by atoms with Gasteiger partial charge in [-0.3, -0.25) is 14.8 Å². The quantitative estimate of drug-likeness (QED) is 0.351. The number of nitrogens with one attached hydrogen (secondary N) is 2. The van der Waals surface area contributed by atoms with Crippen LogP contribution < -0.4 is 4.72 Å². The predicted molar refractivity (Wildman–Crippen MR) is 129 cm³/mol. The molecule has 32 heavy (non-hydrogen) atoms. The molecule has 3 aromatic heterocycles. The van der Waals surface area contributed by atoms with Crippen molar-refractivity contribution in [1.29, 1.82) is 0 Å². The largest absolute Gasteiger partial charge is 0.280 e. The van der Waals surface area contributed by atoms with E-state index in [9.17, 15) is 8.42 Å². The topological polar surface area (TPSA) is 87.7 Å². The van der Waals surface area contributed by atoms with E-state index in [4.69, 9.17) is 0 Å². The smallest absolute Gasteiger partial charge is 0.264 e. The van der Waals surface area contributed by atoms with E-state index in [2.05, 4.69) is 38.1 Å². The first-order chi connectivity index (χ1) is 15.6. The first kappa shape index (κ1) is 19.0. The number of H-pyrrole nitrogens is 1. The molecule has 156 valence electrons. The molecule has 0 saturated heterocycles. The van der Waals surface area contributed by atoms with Crippen molar-refractivity contribution in [3.63, 3.8) is 0 Å². The number of rotatable bonds is 4. The van der Waals surface area contributed by atoms with E-state index >= 15 is 0 Å². The summed E-state index contributed by atoms with van der Waals surface area (Å²) in [7, 11) is -3.85. The summed E-state index contributed by atoms with van der Waals surface area (Å²) in [5.41, 5.74) is 2.68. The van der Waals surface area contributed by atoms with Crippen LogP contribution in [0.2, 0.25) is 0 Å². The third kappa shape index (κ3) is 3.12. The monoisotopic (exact) mass is 456 g/mol. The molecule has 6 nitrogen and oxygen atoms in total. The van der Waals surface area contributed by atoms with Crippen molar-refractivity contribution >= 4 is 58.9 Å². The zero-order valence-electron chi connectivity index (χ0n) is 16.6. The van der Waals surface area contributed by atoms with Gasteiger partial charge in [-0.05, 0) is 41.8 Å². The van der Waals surface area contributed by atoms with E-state index < -0.39 is 10.0 Å². The van der Waals surface area contributed by atoms with Gasteiger partial charge in [0, 0.05) is 32.1 Å². The van der Waals surface area contributed by atoms with Crippen LogP contribution in [0.3, 0.4) is 0 Å². The summed E-state index contributed by atoms with van der Waals surface area (Å²) in [5.74, 6) is 0. The normalized spacial score (nSPS) is 12.0. The van der Waals surface area contributed by atoms with Crippen LogP contribution in [0.4, 0.5) is 5.69 Å². The maximum atomic E-state index is 13.3. The Kier molecular flexibility index (Phi) is 4.24. The number of fused-ring (bicyclic) bond motifs is 3. The molecule has 0 bridgehead atoms. The lowest BCUT2D eigenvalue weighted by atomic mass is 10.1. The third-order valence-electron chi connectivity index (χ3n) is 5.38. The molecule has 0 unspecified atom stereocenters. The molecule has 0 amide bonds. The number of para-hydroxylation sites is 1. The lowest BCUT2D eigenvalue weighted by Gasteiger charge is -2.11. The number of sulfonamides is 1. The van der Waals surface area contributed by atoms with E-state index in [0.29, 0.717) is 11.2 Å². The summed E-state index contributed by atoms with van der Waals surface area (Å²) < 4.78 is 30.5. The van der Waals surface area contributed by atoms with Crippen molar-refractivity contribution < 1.29 is 8.42 Å². The van der Waals surface area contributed by atoms with Gasteiger partial charge in [0.1, 0.15) is 4.90 Å². The Morgan fingerprint density at radius 2 is 1.72 bits per heavy atom. The molecular weight excluding hydrogens is 440 g/mol. The van der Waals surface area contributed by atoms with Crippen LogP contribution in [-0.2, 0) is 10.0 Å². The van der Waals surface area contributed by atoms with Gasteiger partial charge in [-0.1, -0.05) is 36.4 Å². The van der Waals surface area contributed by atoms with Crippen LogP contribution in [0.25, 0.3) is 42.3 Å². The molecule has 6 aromatic rings. The van der Waals surface area contributed by atoms with Crippen LogP contribution in [0.1, 0.15) is 0 Å². The molecule has 0 fully saturated rings. The summed E-state index contributed by atoms with van der Waals surface area (Å²) in [4.78, 5) is 5.47. The van der Waals surface area contributed by atoms with Gasteiger partial charge in [-0.2, -0.15) is 5.10 Å². The van der Waals surface area contributed by atoms with Gasteiger partial charge in [0.2, 0.25) is 0 Å². The molecule has 2 N–H and O–H groups in total. The second-order valence-electron chi connectivity index (χ2n) is 7.44. The van der Waals surface area contributed by atoms with Gasteiger partial charge in [-0.25, -0.2) is 8.42 Å². The molecule has 0 saturated carbocycles. The van der Waals surface area contributed by atoms with Gasteiger partial charge >= 0.3 is 0 Å². The zero-order valence-corrected chi connectivity index (χ0v) is 18.2. The van der Waals surface area contributed by atoms with Crippen molar-refractivity contribution in [2.24, 2.45) is 0 Å². The van der Waals surface area contributed by atoms with Gasteiger partial charge in [0.15, 0.2) is 0 Å². The number of benzene rings is 3. The second kappa shape index (κ2) is 7.15. The number of nitrogens with zero attached hydrogens (tertiary/aromatic N) is 2. The van der Waals surface area contributed by atoms with Gasteiger partial charge in [-0.15, -0.1) is 11.3 Å². The highest BCUT2D eigenvalue weighted by atomic mass is 32.2. The molecule has 0 radical (unpaired) electrons. The van der Waals surface area contributed by atoms with E-state index in [1.807, 2.05) is 30.3 Å². The first-order valence-corrected chi connectivity index (χ1v) is 12.2.